The largest absolute Gasteiger partial charge is 0.449 e. The number of morpholine rings is 1. The van der Waals surface area contributed by atoms with Crippen LogP contribution < -0.4 is 20.4 Å². The monoisotopic (exact) mass is 533 g/mol. The Labute approximate surface area is 214 Å². The lowest BCUT2D eigenvalue weighted by atomic mass is 9.66. The number of urea groups is 1. The van der Waals surface area contributed by atoms with E-state index in [1.165, 1.54) is 6.07 Å². The molecule has 1 spiro atoms. The maximum atomic E-state index is 16.2. The molecule has 0 bridgehead atoms. The van der Waals surface area contributed by atoms with Crippen molar-refractivity contribution < 1.29 is 47.3 Å². The van der Waals surface area contributed by atoms with Crippen LogP contribution in [0.3, 0.4) is 0 Å². The maximum Gasteiger partial charge on any atom is 0.449 e. The highest BCUT2D eigenvalue weighted by Gasteiger charge is 2.63. The second-order valence-electron chi connectivity index (χ2n) is 9.65. The van der Waals surface area contributed by atoms with Crippen molar-refractivity contribution in [3.05, 3.63) is 17.4 Å². The molecule has 0 unspecified atom stereocenters. The van der Waals surface area contributed by atoms with Gasteiger partial charge in [0.05, 0.1) is 35.9 Å². The van der Waals surface area contributed by atoms with E-state index >= 15 is 4.39 Å². The number of anilines is 2. The first-order valence-electron chi connectivity index (χ1n) is 12.1. The summed E-state index contributed by atoms with van der Waals surface area (Å²) in [6.45, 7) is 5.69. The molecule has 1 aromatic heterocycles. The Hall–Kier alpha value is -3.82. The zero-order chi connectivity index (χ0) is 26.9. The number of aromatic nitrogens is 1. The van der Waals surface area contributed by atoms with E-state index in [1.54, 1.807) is 25.7 Å². The smallest absolute Gasteiger partial charge is 0.377 e. The molecule has 15 heteroatoms. The normalized spacial score (nSPS) is 28.3. The molecule has 14 nitrogen and oxygen atoms in total. The summed E-state index contributed by atoms with van der Waals surface area (Å²) < 4.78 is 32.9. The number of nitrogens with one attached hydrogen (secondary N) is 2. The van der Waals surface area contributed by atoms with E-state index in [1.807, 2.05) is 0 Å². The molecule has 3 fully saturated rings. The van der Waals surface area contributed by atoms with Crippen molar-refractivity contribution in [1.82, 2.24) is 15.8 Å². The summed E-state index contributed by atoms with van der Waals surface area (Å²) in [6.07, 6.45) is -3.20. The Kier molecular flexibility index (Phi) is 5.55. The summed E-state index contributed by atoms with van der Waals surface area (Å²) in [5.41, 5.74) is -1.62. The topological polar surface area (TPSA) is 162 Å². The summed E-state index contributed by atoms with van der Waals surface area (Å²) in [7, 11) is 0. The van der Waals surface area contributed by atoms with Crippen LogP contribution >= 0.6 is 0 Å². The zero-order valence-electron chi connectivity index (χ0n) is 20.6. The van der Waals surface area contributed by atoms with Gasteiger partial charge in [0.2, 0.25) is 23.6 Å². The number of nitrogens with zero attached hydrogens (tertiary/aromatic N) is 3. The predicted molar refractivity (Wildman–Crippen MR) is 123 cm³/mol. The Morgan fingerprint density at radius 3 is 2.66 bits per heavy atom. The zero-order valence-corrected chi connectivity index (χ0v) is 20.6. The van der Waals surface area contributed by atoms with E-state index in [2.05, 4.69) is 20.7 Å². The fraction of sp³-hybridized carbons (Fsp3) is 0.522. The lowest BCUT2D eigenvalue weighted by Crippen LogP contribution is -2.75. The van der Waals surface area contributed by atoms with E-state index in [-0.39, 0.29) is 53.7 Å². The molecule has 4 aliphatic rings. The SMILES string of the molecule is CCOC[C@H]1OOC(=O)N1c1noc2c(F)c3c(cc12)CC1(C(=O)NC(=O)NC1=O)[C@H]1[C@H](C)O[C@H](C)CN31. The molecule has 3 saturated heterocycles. The van der Waals surface area contributed by atoms with E-state index < -0.39 is 53.5 Å². The number of imide groups is 2. The molecule has 1 aromatic carbocycles. The van der Waals surface area contributed by atoms with Gasteiger partial charge in [0.1, 0.15) is 0 Å². The molecule has 0 radical (unpaired) electrons. The summed E-state index contributed by atoms with van der Waals surface area (Å²) in [5.74, 6) is -2.48. The van der Waals surface area contributed by atoms with Gasteiger partial charge in [-0.2, -0.15) is 4.89 Å². The van der Waals surface area contributed by atoms with E-state index in [0.29, 0.717) is 6.61 Å². The quantitative estimate of drug-likeness (QED) is 0.428. The van der Waals surface area contributed by atoms with Crippen molar-refractivity contribution >= 4 is 46.4 Å². The summed E-state index contributed by atoms with van der Waals surface area (Å²) >= 11 is 0. The van der Waals surface area contributed by atoms with Gasteiger partial charge in [-0.1, -0.05) is 5.16 Å². The Bertz CT molecular complexity index is 1360. The number of fused-ring (bicyclic) bond motifs is 5. The van der Waals surface area contributed by atoms with Crippen molar-refractivity contribution in [3.8, 4) is 0 Å². The summed E-state index contributed by atoms with van der Waals surface area (Å²) in [4.78, 5) is 63.4. The summed E-state index contributed by atoms with van der Waals surface area (Å²) in [6, 6.07) is -0.342. The summed E-state index contributed by atoms with van der Waals surface area (Å²) in [5, 5.41) is 8.39. The molecular formula is C23H24FN5O9. The highest BCUT2D eigenvalue weighted by Crippen LogP contribution is 2.50. The number of rotatable bonds is 4. The highest BCUT2D eigenvalue weighted by molar-refractivity contribution is 6.20. The van der Waals surface area contributed by atoms with Crippen LogP contribution in [-0.2, 0) is 35.3 Å². The number of benzene rings is 1. The van der Waals surface area contributed by atoms with Crippen molar-refractivity contribution in [1.29, 1.82) is 0 Å². The third-order valence-electron chi connectivity index (χ3n) is 7.35. The predicted octanol–water partition coefficient (Wildman–Crippen LogP) is 1.11. The van der Waals surface area contributed by atoms with Crippen molar-refractivity contribution in [2.45, 2.75) is 51.7 Å². The fourth-order valence-electron chi connectivity index (χ4n) is 5.95. The van der Waals surface area contributed by atoms with Crippen LogP contribution in [0.25, 0.3) is 11.0 Å². The van der Waals surface area contributed by atoms with Crippen LogP contribution in [0.1, 0.15) is 26.3 Å². The van der Waals surface area contributed by atoms with Gasteiger partial charge >= 0.3 is 12.1 Å². The number of hydrogen-bond acceptors (Lipinski definition) is 11. The van der Waals surface area contributed by atoms with Crippen molar-refractivity contribution in [2.24, 2.45) is 5.41 Å². The molecule has 4 atom stereocenters. The second-order valence-corrected chi connectivity index (χ2v) is 9.65. The minimum atomic E-state index is -1.80. The van der Waals surface area contributed by atoms with Gasteiger partial charge in [-0.3, -0.25) is 25.1 Å². The van der Waals surface area contributed by atoms with Crippen molar-refractivity contribution in [2.75, 3.05) is 29.6 Å². The van der Waals surface area contributed by atoms with Gasteiger partial charge < -0.3 is 18.9 Å². The average molecular weight is 533 g/mol. The molecule has 6 rings (SSSR count). The number of barbiturate groups is 1. The van der Waals surface area contributed by atoms with Gasteiger partial charge in [-0.05, 0) is 32.4 Å². The number of amides is 5. The van der Waals surface area contributed by atoms with Crippen LogP contribution in [-0.4, -0.2) is 73.3 Å². The maximum absolute atomic E-state index is 16.2. The Morgan fingerprint density at radius 1 is 1.21 bits per heavy atom. The molecule has 0 aliphatic carbocycles. The fourth-order valence-corrected chi connectivity index (χ4v) is 5.95. The molecule has 5 amide bonds. The number of carbonyl (C=O) groups is 4. The molecular weight excluding hydrogens is 509 g/mol. The molecule has 2 N–H and O–H groups in total. The lowest BCUT2D eigenvalue weighted by molar-refractivity contribution is -0.244. The minimum absolute atomic E-state index is 0.0489. The first-order chi connectivity index (χ1) is 18.2. The third kappa shape index (κ3) is 3.31. The molecule has 202 valence electrons. The first kappa shape index (κ1) is 24.5. The third-order valence-corrected chi connectivity index (χ3v) is 7.35. The molecule has 5 heterocycles. The number of halogens is 1. The van der Waals surface area contributed by atoms with Crippen LogP contribution in [0.5, 0.6) is 0 Å². The van der Waals surface area contributed by atoms with Crippen LogP contribution in [0.4, 0.5) is 25.5 Å². The average Bonchev–Trinajstić information content (AvgIpc) is 3.43. The van der Waals surface area contributed by atoms with Crippen LogP contribution in [0, 0.1) is 11.2 Å². The molecule has 4 aliphatic heterocycles. The van der Waals surface area contributed by atoms with Gasteiger partial charge in [-0.15, -0.1) is 0 Å². The van der Waals surface area contributed by atoms with Gasteiger partial charge in [0.15, 0.2) is 17.1 Å². The first-order valence-corrected chi connectivity index (χ1v) is 12.1. The Balaban J connectivity index is 1.53. The van der Waals surface area contributed by atoms with E-state index in [0.717, 1.165) is 4.90 Å². The number of ether oxygens (including phenoxy) is 2. The molecule has 0 saturated carbocycles. The lowest BCUT2D eigenvalue weighted by Gasteiger charge is -2.55. The highest BCUT2D eigenvalue weighted by atomic mass is 19.1. The standard InChI is InChI=1S/C23H24FN5O9/c1-4-34-8-13-29(22(33)38-37-13)18-12-5-11-6-23(19(30)25-21(32)26-20(23)31)17-10(3)35-9(2)7-28(17)15(11)14(24)16(12)36-27-18/h5,9-10,13,17H,4,6-8H2,1-3H3,(H2,25,26,30,31,32)/t9-,10+,13-,17-/m1/s1. The van der Waals surface area contributed by atoms with Crippen molar-refractivity contribution in [3.63, 3.8) is 0 Å². The number of hydrogen-bond donors (Lipinski definition) is 2. The van der Waals surface area contributed by atoms with E-state index in [9.17, 15) is 19.2 Å². The van der Waals surface area contributed by atoms with Gasteiger partial charge in [0, 0.05) is 19.6 Å². The van der Waals surface area contributed by atoms with Gasteiger partial charge in [0.25, 0.3) is 0 Å². The number of carbonyl (C=O) groups excluding carboxylic acids is 4. The molecule has 38 heavy (non-hydrogen) atoms. The van der Waals surface area contributed by atoms with Crippen LogP contribution in [0.15, 0.2) is 10.6 Å². The van der Waals surface area contributed by atoms with Gasteiger partial charge in [-0.25, -0.2) is 18.9 Å². The minimum Gasteiger partial charge on any atom is -0.377 e. The van der Waals surface area contributed by atoms with Crippen LogP contribution in [0.2, 0.25) is 0 Å². The molecule has 2 aromatic rings. The van der Waals surface area contributed by atoms with E-state index in [4.69, 9.17) is 18.9 Å². The second kappa shape index (κ2) is 8.61. The Morgan fingerprint density at radius 2 is 1.95 bits per heavy atom.